The summed E-state index contributed by atoms with van der Waals surface area (Å²) in [6.07, 6.45) is 1.01. The Hall–Kier alpha value is 0.470. The summed E-state index contributed by atoms with van der Waals surface area (Å²) in [5, 5.41) is 1.78. The molecule has 0 aromatic heterocycles. The smallest absolute Gasteiger partial charge is 0.0409 e. The first-order valence-electron chi connectivity index (χ1n) is 4.44. The zero-order chi connectivity index (χ0) is 10.8. The van der Waals surface area contributed by atoms with Gasteiger partial charge < -0.3 is 0 Å². The standard InChI is InChI=1S/C11H13Br2Cl/c1-11(2,7-12)6-8-5-9(14)3-4-10(8)13/h3-5H,6-7H2,1-2H3. The first-order chi connectivity index (χ1) is 6.44. The Bertz CT molecular complexity index is 321. The number of rotatable bonds is 3. The highest BCUT2D eigenvalue weighted by atomic mass is 79.9. The van der Waals surface area contributed by atoms with Gasteiger partial charge in [-0.25, -0.2) is 0 Å². The van der Waals surface area contributed by atoms with Gasteiger partial charge >= 0.3 is 0 Å². The second kappa shape index (κ2) is 5.00. The fourth-order valence-corrected chi connectivity index (χ4v) is 2.02. The lowest BCUT2D eigenvalue weighted by Crippen LogP contribution is -2.16. The lowest BCUT2D eigenvalue weighted by molar-refractivity contribution is 0.424. The Balaban J connectivity index is 2.91. The fourth-order valence-electron chi connectivity index (χ4n) is 1.24. The maximum atomic E-state index is 5.96. The maximum Gasteiger partial charge on any atom is 0.0409 e. The van der Waals surface area contributed by atoms with Crippen LogP contribution in [-0.2, 0) is 6.42 Å². The van der Waals surface area contributed by atoms with Crippen LogP contribution in [-0.4, -0.2) is 5.33 Å². The molecule has 0 atom stereocenters. The SMILES string of the molecule is CC(C)(CBr)Cc1cc(Cl)ccc1Br. The number of benzene rings is 1. The molecule has 1 aromatic carbocycles. The quantitative estimate of drug-likeness (QED) is 0.674. The fraction of sp³-hybridized carbons (Fsp3) is 0.455. The summed E-state index contributed by atoms with van der Waals surface area (Å²) < 4.78 is 1.14. The van der Waals surface area contributed by atoms with Gasteiger partial charge in [0.1, 0.15) is 0 Å². The van der Waals surface area contributed by atoms with Gasteiger partial charge in [0.05, 0.1) is 0 Å². The van der Waals surface area contributed by atoms with Gasteiger partial charge in [-0.2, -0.15) is 0 Å². The van der Waals surface area contributed by atoms with Crippen LogP contribution in [0.15, 0.2) is 22.7 Å². The summed E-state index contributed by atoms with van der Waals surface area (Å²) in [7, 11) is 0. The predicted molar refractivity (Wildman–Crippen MR) is 70.4 cm³/mol. The van der Waals surface area contributed by atoms with Crippen LogP contribution in [0.25, 0.3) is 0 Å². The summed E-state index contributed by atoms with van der Waals surface area (Å²) >= 11 is 13.0. The third-order valence-electron chi connectivity index (χ3n) is 2.04. The molecular formula is C11H13Br2Cl. The second-order valence-corrected chi connectivity index (χ2v) is 6.06. The van der Waals surface area contributed by atoms with E-state index in [4.69, 9.17) is 11.6 Å². The zero-order valence-corrected chi connectivity index (χ0v) is 12.2. The van der Waals surface area contributed by atoms with Gasteiger partial charge in [0, 0.05) is 14.8 Å². The molecular weight excluding hydrogens is 327 g/mol. The largest absolute Gasteiger partial charge is 0.0922 e. The van der Waals surface area contributed by atoms with E-state index in [1.807, 2.05) is 18.2 Å². The third kappa shape index (κ3) is 3.56. The molecule has 0 aliphatic heterocycles. The maximum absolute atomic E-state index is 5.96. The Kier molecular flexibility index (Phi) is 4.48. The van der Waals surface area contributed by atoms with Gasteiger partial charge in [0.2, 0.25) is 0 Å². The minimum absolute atomic E-state index is 0.257. The normalized spacial score (nSPS) is 11.8. The van der Waals surface area contributed by atoms with Crippen LogP contribution in [0.5, 0.6) is 0 Å². The zero-order valence-electron chi connectivity index (χ0n) is 8.28. The van der Waals surface area contributed by atoms with Crippen LogP contribution in [0.2, 0.25) is 5.02 Å². The number of alkyl halides is 1. The van der Waals surface area contributed by atoms with Crippen LogP contribution < -0.4 is 0 Å². The van der Waals surface area contributed by atoms with E-state index < -0.39 is 0 Å². The third-order valence-corrected chi connectivity index (χ3v) is 4.57. The van der Waals surface area contributed by atoms with Crippen LogP contribution in [0.1, 0.15) is 19.4 Å². The van der Waals surface area contributed by atoms with Crippen molar-refractivity contribution < 1.29 is 0 Å². The predicted octanol–water partition coefficient (Wildman–Crippen LogP) is 5.07. The van der Waals surface area contributed by atoms with E-state index in [9.17, 15) is 0 Å². The first kappa shape index (κ1) is 12.5. The molecule has 0 N–H and O–H groups in total. The summed E-state index contributed by atoms with van der Waals surface area (Å²) in [6.45, 7) is 4.46. The molecule has 0 radical (unpaired) electrons. The van der Waals surface area contributed by atoms with E-state index in [0.717, 1.165) is 21.2 Å². The number of hydrogen-bond acceptors (Lipinski definition) is 0. The molecule has 1 rings (SSSR count). The second-order valence-electron chi connectivity index (χ2n) is 4.21. The van der Waals surface area contributed by atoms with Gasteiger partial charge in [0.15, 0.2) is 0 Å². The van der Waals surface area contributed by atoms with E-state index in [1.165, 1.54) is 5.56 Å². The molecule has 3 heteroatoms. The highest BCUT2D eigenvalue weighted by Crippen LogP contribution is 2.29. The van der Waals surface area contributed by atoms with Crippen molar-refractivity contribution in [3.8, 4) is 0 Å². The van der Waals surface area contributed by atoms with E-state index in [-0.39, 0.29) is 5.41 Å². The van der Waals surface area contributed by atoms with Crippen molar-refractivity contribution in [2.75, 3.05) is 5.33 Å². The summed E-state index contributed by atoms with van der Waals surface area (Å²) in [5.74, 6) is 0. The van der Waals surface area contributed by atoms with Crippen molar-refractivity contribution in [1.82, 2.24) is 0 Å². The molecule has 0 aliphatic carbocycles. The van der Waals surface area contributed by atoms with Crippen molar-refractivity contribution in [1.29, 1.82) is 0 Å². The Labute approximate surface area is 107 Å². The lowest BCUT2D eigenvalue weighted by atomic mass is 9.88. The number of hydrogen-bond donors (Lipinski definition) is 0. The van der Waals surface area contributed by atoms with Crippen molar-refractivity contribution in [3.63, 3.8) is 0 Å². The van der Waals surface area contributed by atoms with Crippen molar-refractivity contribution in [2.45, 2.75) is 20.3 Å². The Morgan fingerprint density at radius 3 is 2.57 bits per heavy atom. The van der Waals surface area contributed by atoms with E-state index >= 15 is 0 Å². The van der Waals surface area contributed by atoms with Crippen LogP contribution in [0, 0.1) is 5.41 Å². The average Bonchev–Trinajstić information content (AvgIpc) is 2.11. The van der Waals surface area contributed by atoms with Gasteiger partial charge in [0.25, 0.3) is 0 Å². The van der Waals surface area contributed by atoms with E-state index in [0.29, 0.717) is 0 Å². The summed E-state index contributed by atoms with van der Waals surface area (Å²) in [5.41, 5.74) is 1.52. The molecule has 0 saturated heterocycles. The highest BCUT2D eigenvalue weighted by Gasteiger charge is 2.18. The van der Waals surface area contributed by atoms with Crippen LogP contribution >= 0.6 is 43.5 Å². The van der Waals surface area contributed by atoms with Crippen molar-refractivity contribution in [2.24, 2.45) is 5.41 Å². The average molecular weight is 340 g/mol. The molecule has 78 valence electrons. The van der Waals surface area contributed by atoms with E-state index in [1.54, 1.807) is 0 Å². The van der Waals surface area contributed by atoms with Crippen LogP contribution in [0.4, 0.5) is 0 Å². The molecule has 0 amide bonds. The first-order valence-corrected chi connectivity index (χ1v) is 6.74. The lowest BCUT2D eigenvalue weighted by Gasteiger charge is -2.22. The molecule has 1 aromatic rings. The topological polar surface area (TPSA) is 0 Å². The molecule has 0 heterocycles. The Morgan fingerprint density at radius 2 is 2.00 bits per heavy atom. The van der Waals surface area contributed by atoms with Crippen molar-refractivity contribution in [3.05, 3.63) is 33.3 Å². The molecule has 0 spiro atoms. The summed E-state index contributed by atoms with van der Waals surface area (Å²) in [4.78, 5) is 0. The summed E-state index contributed by atoms with van der Waals surface area (Å²) in [6, 6.07) is 5.92. The monoisotopic (exact) mass is 338 g/mol. The van der Waals surface area contributed by atoms with E-state index in [2.05, 4.69) is 45.7 Å². The molecule has 0 nitrogen and oxygen atoms in total. The Morgan fingerprint density at radius 1 is 1.36 bits per heavy atom. The number of halogens is 3. The van der Waals surface area contributed by atoms with Gasteiger partial charge in [-0.15, -0.1) is 0 Å². The molecule has 0 fully saturated rings. The molecule has 0 aliphatic rings. The molecule has 0 bridgehead atoms. The van der Waals surface area contributed by atoms with Gasteiger partial charge in [-0.3, -0.25) is 0 Å². The minimum Gasteiger partial charge on any atom is -0.0922 e. The van der Waals surface area contributed by atoms with Gasteiger partial charge in [-0.1, -0.05) is 57.3 Å². The minimum atomic E-state index is 0.257. The molecule has 14 heavy (non-hydrogen) atoms. The van der Waals surface area contributed by atoms with Gasteiger partial charge in [-0.05, 0) is 35.6 Å². The molecule has 0 saturated carbocycles. The molecule has 0 unspecified atom stereocenters. The van der Waals surface area contributed by atoms with Crippen LogP contribution in [0.3, 0.4) is 0 Å². The van der Waals surface area contributed by atoms with Crippen molar-refractivity contribution >= 4 is 43.5 Å². The highest BCUT2D eigenvalue weighted by molar-refractivity contribution is 9.10.